The largest absolute Gasteiger partial charge is 0.481 e. The van der Waals surface area contributed by atoms with Crippen LogP contribution in [0.4, 0.5) is 0 Å². The van der Waals surface area contributed by atoms with E-state index < -0.39 is 11.4 Å². The molecule has 0 heterocycles. The number of hydrogen-bond acceptors (Lipinski definition) is 1. The number of rotatable bonds is 17. The Bertz CT molecular complexity index is 318. The normalized spacial score (nSPS) is 12.1. The van der Waals surface area contributed by atoms with Crippen molar-refractivity contribution in [3.63, 3.8) is 0 Å². The molecule has 0 radical (unpaired) electrons. The Balaban J connectivity index is 3.25. The molecule has 142 valence electrons. The van der Waals surface area contributed by atoms with Gasteiger partial charge >= 0.3 is 5.97 Å². The third-order valence-electron chi connectivity index (χ3n) is 4.89. The van der Waals surface area contributed by atoms with E-state index in [4.69, 9.17) is 5.11 Å². The van der Waals surface area contributed by atoms with E-state index in [-0.39, 0.29) is 0 Å². The zero-order chi connectivity index (χ0) is 18.1. The highest BCUT2D eigenvalue weighted by Gasteiger charge is 2.25. The zero-order valence-corrected chi connectivity index (χ0v) is 16.6. The monoisotopic (exact) mass is 338 g/mol. The smallest absolute Gasteiger partial charge is 0.309 e. The average Bonchev–Trinajstić information content (AvgIpc) is 2.54. The van der Waals surface area contributed by atoms with E-state index in [0.717, 1.165) is 12.8 Å². The predicted octanol–water partition coefficient (Wildman–Crippen LogP) is 7.52. The average molecular weight is 339 g/mol. The number of unbranched alkanes of at least 4 members (excludes halogenated alkanes) is 12. The molecule has 0 saturated heterocycles. The van der Waals surface area contributed by atoms with Gasteiger partial charge in [-0.2, -0.15) is 0 Å². The van der Waals surface area contributed by atoms with Crippen LogP contribution < -0.4 is 0 Å². The Labute approximate surface area is 151 Å². The summed E-state index contributed by atoms with van der Waals surface area (Å²) in [4.78, 5) is 11.0. The fourth-order valence-electron chi connectivity index (χ4n) is 2.92. The van der Waals surface area contributed by atoms with Crippen molar-refractivity contribution in [1.29, 1.82) is 0 Å². The van der Waals surface area contributed by atoms with Crippen LogP contribution in [0.15, 0.2) is 12.2 Å². The molecule has 0 aliphatic rings. The highest BCUT2D eigenvalue weighted by atomic mass is 16.4. The fourth-order valence-corrected chi connectivity index (χ4v) is 2.92. The summed E-state index contributed by atoms with van der Waals surface area (Å²) in [6.07, 6.45) is 23.7. The van der Waals surface area contributed by atoms with Crippen molar-refractivity contribution >= 4 is 5.97 Å². The molecular formula is C22H42O2. The summed E-state index contributed by atoms with van der Waals surface area (Å²) in [5.41, 5.74) is -0.555. The molecule has 0 saturated carbocycles. The lowest BCUT2D eigenvalue weighted by Gasteiger charge is -2.18. The molecule has 2 heteroatoms. The van der Waals surface area contributed by atoms with E-state index >= 15 is 0 Å². The summed E-state index contributed by atoms with van der Waals surface area (Å²) in [6, 6.07) is 0. The van der Waals surface area contributed by atoms with Crippen molar-refractivity contribution in [2.75, 3.05) is 0 Å². The number of aliphatic carboxylic acids is 1. The van der Waals surface area contributed by atoms with Crippen LogP contribution in [-0.2, 0) is 4.79 Å². The van der Waals surface area contributed by atoms with Crippen LogP contribution in [0, 0.1) is 5.41 Å². The van der Waals surface area contributed by atoms with Gasteiger partial charge in [-0.3, -0.25) is 4.79 Å². The van der Waals surface area contributed by atoms with Crippen molar-refractivity contribution in [2.45, 2.75) is 117 Å². The van der Waals surface area contributed by atoms with Gasteiger partial charge in [-0.05, 0) is 46.0 Å². The first-order valence-electron chi connectivity index (χ1n) is 10.4. The van der Waals surface area contributed by atoms with Gasteiger partial charge in [0.25, 0.3) is 0 Å². The van der Waals surface area contributed by atoms with E-state index in [1.165, 1.54) is 83.5 Å². The minimum atomic E-state index is -0.671. The van der Waals surface area contributed by atoms with Crippen LogP contribution in [0.5, 0.6) is 0 Å². The standard InChI is InChI=1S/C22H42O2/c1-4-5-6-7-8-9-10-11-12-13-14-15-16-17-18-19-20-22(2,3)21(23)24/h11-12H,4-10,13-20H2,1-3H3,(H,23,24)/b12-11-. The lowest BCUT2D eigenvalue weighted by atomic mass is 9.87. The molecule has 0 aliphatic carbocycles. The van der Waals surface area contributed by atoms with Crippen molar-refractivity contribution in [2.24, 2.45) is 5.41 Å². The number of carbonyl (C=O) groups is 1. The first-order valence-corrected chi connectivity index (χ1v) is 10.4. The minimum Gasteiger partial charge on any atom is -0.481 e. The van der Waals surface area contributed by atoms with E-state index in [2.05, 4.69) is 19.1 Å². The Kier molecular flexibility index (Phi) is 15.2. The minimum absolute atomic E-state index is 0.555. The summed E-state index contributed by atoms with van der Waals surface area (Å²) >= 11 is 0. The Morgan fingerprint density at radius 1 is 0.750 bits per heavy atom. The fraction of sp³-hybridized carbons (Fsp3) is 0.864. The first-order chi connectivity index (χ1) is 11.5. The molecule has 0 unspecified atom stereocenters. The molecule has 0 aromatic carbocycles. The van der Waals surface area contributed by atoms with Crippen molar-refractivity contribution in [1.82, 2.24) is 0 Å². The molecular weight excluding hydrogens is 296 g/mol. The van der Waals surface area contributed by atoms with Crippen LogP contribution in [0.25, 0.3) is 0 Å². The molecule has 0 aromatic heterocycles. The van der Waals surface area contributed by atoms with Crippen LogP contribution in [0.3, 0.4) is 0 Å². The van der Waals surface area contributed by atoms with Crippen LogP contribution >= 0.6 is 0 Å². The number of allylic oxidation sites excluding steroid dienone is 2. The summed E-state index contributed by atoms with van der Waals surface area (Å²) < 4.78 is 0. The number of carboxylic acids is 1. The molecule has 0 amide bonds. The summed E-state index contributed by atoms with van der Waals surface area (Å²) in [6.45, 7) is 5.92. The second-order valence-electron chi connectivity index (χ2n) is 7.88. The van der Waals surface area contributed by atoms with Gasteiger partial charge in [0.05, 0.1) is 5.41 Å². The highest BCUT2D eigenvalue weighted by molar-refractivity contribution is 5.73. The second kappa shape index (κ2) is 15.7. The van der Waals surface area contributed by atoms with E-state index in [9.17, 15) is 4.79 Å². The van der Waals surface area contributed by atoms with Gasteiger partial charge in [-0.25, -0.2) is 0 Å². The number of carboxylic acid groups (broad SMARTS) is 1. The molecule has 1 N–H and O–H groups in total. The zero-order valence-electron chi connectivity index (χ0n) is 16.6. The third kappa shape index (κ3) is 14.8. The summed E-state index contributed by atoms with van der Waals surface area (Å²) in [5.74, 6) is -0.671. The second-order valence-corrected chi connectivity index (χ2v) is 7.88. The van der Waals surface area contributed by atoms with Crippen molar-refractivity contribution < 1.29 is 9.90 Å². The summed E-state index contributed by atoms with van der Waals surface area (Å²) in [7, 11) is 0. The van der Waals surface area contributed by atoms with Gasteiger partial charge in [0.1, 0.15) is 0 Å². The van der Waals surface area contributed by atoms with E-state index in [1.54, 1.807) is 0 Å². The molecule has 2 nitrogen and oxygen atoms in total. The lowest BCUT2D eigenvalue weighted by molar-refractivity contribution is -0.147. The van der Waals surface area contributed by atoms with Crippen LogP contribution in [0.2, 0.25) is 0 Å². The van der Waals surface area contributed by atoms with Crippen LogP contribution in [-0.4, -0.2) is 11.1 Å². The molecule has 0 aromatic rings. The van der Waals surface area contributed by atoms with Gasteiger partial charge < -0.3 is 5.11 Å². The van der Waals surface area contributed by atoms with Crippen LogP contribution in [0.1, 0.15) is 117 Å². The Morgan fingerprint density at radius 3 is 1.62 bits per heavy atom. The topological polar surface area (TPSA) is 37.3 Å². The van der Waals surface area contributed by atoms with Gasteiger partial charge in [0, 0.05) is 0 Å². The molecule has 24 heavy (non-hydrogen) atoms. The maximum atomic E-state index is 11.0. The molecule has 0 fully saturated rings. The van der Waals surface area contributed by atoms with Gasteiger partial charge in [0.2, 0.25) is 0 Å². The van der Waals surface area contributed by atoms with Gasteiger partial charge in [-0.15, -0.1) is 0 Å². The molecule has 0 spiro atoms. The lowest BCUT2D eigenvalue weighted by Crippen LogP contribution is -2.23. The summed E-state index contributed by atoms with van der Waals surface area (Å²) in [5, 5.41) is 9.06. The van der Waals surface area contributed by atoms with Crippen molar-refractivity contribution in [3.05, 3.63) is 12.2 Å². The van der Waals surface area contributed by atoms with E-state index in [0.29, 0.717) is 0 Å². The van der Waals surface area contributed by atoms with E-state index in [1.807, 2.05) is 13.8 Å². The molecule has 0 aliphatic heterocycles. The highest BCUT2D eigenvalue weighted by Crippen LogP contribution is 2.24. The maximum Gasteiger partial charge on any atom is 0.309 e. The first kappa shape index (κ1) is 23.2. The van der Waals surface area contributed by atoms with Crippen molar-refractivity contribution in [3.8, 4) is 0 Å². The number of hydrogen-bond donors (Lipinski definition) is 1. The molecule has 0 rings (SSSR count). The quantitative estimate of drug-likeness (QED) is 0.220. The third-order valence-corrected chi connectivity index (χ3v) is 4.89. The Hall–Kier alpha value is -0.790. The van der Waals surface area contributed by atoms with Gasteiger partial charge in [-0.1, -0.05) is 83.3 Å². The Morgan fingerprint density at radius 2 is 1.17 bits per heavy atom. The maximum absolute atomic E-state index is 11.0. The SMILES string of the molecule is CCCCCCCC/C=C\CCCCCCCCC(C)(C)C(=O)O. The molecule has 0 bridgehead atoms. The van der Waals surface area contributed by atoms with Gasteiger partial charge in [0.15, 0.2) is 0 Å². The molecule has 0 atom stereocenters. The predicted molar refractivity (Wildman–Crippen MR) is 105 cm³/mol.